The van der Waals surface area contributed by atoms with Crippen molar-refractivity contribution in [3.63, 3.8) is 0 Å². The average molecular weight is 384 g/mol. The highest BCUT2D eigenvalue weighted by atomic mass is 32.1. The monoisotopic (exact) mass is 383 g/mol. The van der Waals surface area contributed by atoms with E-state index in [-0.39, 0.29) is 5.91 Å². The van der Waals surface area contributed by atoms with E-state index in [1.54, 1.807) is 11.3 Å². The summed E-state index contributed by atoms with van der Waals surface area (Å²) in [5.74, 6) is 0.0846. The molecular weight excluding hydrogens is 354 g/mol. The van der Waals surface area contributed by atoms with Gasteiger partial charge < -0.3 is 10.2 Å². The van der Waals surface area contributed by atoms with E-state index >= 15 is 0 Å². The van der Waals surface area contributed by atoms with Crippen LogP contribution in [0.4, 0.5) is 11.4 Å². The minimum atomic E-state index is 0.0846. The van der Waals surface area contributed by atoms with Crippen molar-refractivity contribution >= 4 is 28.6 Å². The lowest BCUT2D eigenvalue weighted by Crippen LogP contribution is -2.49. The summed E-state index contributed by atoms with van der Waals surface area (Å²) < 4.78 is 0. The van der Waals surface area contributed by atoms with Crippen LogP contribution in [-0.4, -0.2) is 43.0 Å². The average Bonchev–Trinajstić information content (AvgIpc) is 3.41. The third-order valence-corrected chi connectivity index (χ3v) is 6.79. The zero-order valence-corrected chi connectivity index (χ0v) is 16.7. The number of hydrogen-bond acceptors (Lipinski definition) is 4. The van der Waals surface area contributed by atoms with Gasteiger partial charge in [0.05, 0.1) is 0 Å². The molecule has 0 bridgehead atoms. The van der Waals surface area contributed by atoms with Gasteiger partial charge in [-0.3, -0.25) is 9.69 Å². The van der Waals surface area contributed by atoms with Crippen molar-refractivity contribution in [3.8, 4) is 0 Å². The van der Waals surface area contributed by atoms with Crippen molar-refractivity contribution in [1.82, 2.24) is 4.90 Å². The molecule has 1 saturated carbocycles. The fourth-order valence-electron chi connectivity index (χ4n) is 4.29. The zero-order chi connectivity index (χ0) is 18.5. The van der Waals surface area contributed by atoms with Crippen LogP contribution < -0.4 is 10.2 Å². The molecule has 0 atom stereocenters. The first-order valence-corrected chi connectivity index (χ1v) is 11.1. The van der Waals surface area contributed by atoms with Crippen LogP contribution >= 0.6 is 11.3 Å². The largest absolute Gasteiger partial charge is 0.369 e. The lowest BCUT2D eigenvalue weighted by molar-refractivity contribution is -0.116. The van der Waals surface area contributed by atoms with Gasteiger partial charge in [-0.05, 0) is 55.0 Å². The summed E-state index contributed by atoms with van der Waals surface area (Å²) in [6, 6.07) is 13.3. The van der Waals surface area contributed by atoms with Crippen molar-refractivity contribution in [2.45, 2.75) is 44.6 Å². The molecule has 1 N–H and O–H groups in total. The molecule has 144 valence electrons. The van der Waals surface area contributed by atoms with Crippen molar-refractivity contribution in [3.05, 3.63) is 46.7 Å². The molecule has 2 fully saturated rings. The quantitative estimate of drug-likeness (QED) is 0.804. The highest BCUT2D eigenvalue weighted by Gasteiger charge is 2.26. The number of nitrogens with zero attached hydrogens (tertiary/aromatic N) is 2. The fraction of sp³-hybridized carbons (Fsp3) is 0.500. The molecule has 5 heteroatoms. The van der Waals surface area contributed by atoms with E-state index in [9.17, 15) is 4.79 Å². The lowest BCUT2D eigenvalue weighted by Gasteiger charge is -2.39. The highest BCUT2D eigenvalue weighted by Crippen LogP contribution is 2.26. The molecule has 4 nitrogen and oxygen atoms in total. The molecule has 1 saturated heterocycles. The van der Waals surface area contributed by atoms with E-state index in [4.69, 9.17) is 0 Å². The Balaban J connectivity index is 1.24. The Morgan fingerprint density at radius 3 is 2.44 bits per heavy atom. The topological polar surface area (TPSA) is 35.6 Å². The summed E-state index contributed by atoms with van der Waals surface area (Å²) in [5.41, 5.74) is 2.15. The van der Waals surface area contributed by atoms with Crippen molar-refractivity contribution < 1.29 is 4.79 Å². The van der Waals surface area contributed by atoms with Gasteiger partial charge in [-0.2, -0.15) is 0 Å². The van der Waals surface area contributed by atoms with Gasteiger partial charge in [-0.15, -0.1) is 11.3 Å². The Kier molecular flexibility index (Phi) is 6.10. The highest BCUT2D eigenvalue weighted by molar-refractivity contribution is 7.09. The first-order chi connectivity index (χ1) is 13.3. The Bertz CT molecular complexity index is 715. The van der Waals surface area contributed by atoms with Gasteiger partial charge >= 0.3 is 0 Å². The van der Waals surface area contributed by atoms with E-state index in [1.807, 2.05) is 18.2 Å². The van der Waals surface area contributed by atoms with E-state index in [1.165, 1.54) is 49.3 Å². The van der Waals surface area contributed by atoms with Crippen molar-refractivity contribution in [2.24, 2.45) is 0 Å². The third kappa shape index (κ3) is 4.90. The van der Waals surface area contributed by atoms with E-state index < -0.39 is 0 Å². The molecule has 27 heavy (non-hydrogen) atoms. The van der Waals surface area contributed by atoms with Crippen molar-refractivity contribution in [2.75, 3.05) is 36.4 Å². The number of benzene rings is 1. The molecule has 1 aromatic carbocycles. The molecule has 1 aromatic heterocycles. The number of carbonyl (C=O) groups is 1. The number of hydrogen-bond donors (Lipinski definition) is 1. The first-order valence-electron chi connectivity index (χ1n) is 10.2. The zero-order valence-electron chi connectivity index (χ0n) is 15.9. The summed E-state index contributed by atoms with van der Waals surface area (Å²) in [6.07, 6.45) is 6.94. The molecule has 0 spiro atoms. The van der Waals surface area contributed by atoms with Gasteiger partial charge in [0.2, 0.25) is 5.91 Å². The molecule has 0 radical (unpaired) electrons. The third-order valence-electron chi connectivity index (χ3n) is 5.85. The summed E-state index contributed by atoms with van der Waals surface area (Å²) in [6.45, 7) is 4.55. The van der Waals surface area contributed by atoms with Gasteiger partial charge in [0, 0.05) is 54.9 Å². The van der Waals surface area contributed by atoms with Crippen LogP contribution in [0.1, 0.15) is 37.0 Å². The minimum absolute atomic E-state index is 0.0846. The van der Waals surface area contributed by atoms with Crippen molar-refractivity contribution in [1.29, 1.82) is 0 Å². The van der Waals surface area contributed by atoms with Gasteiger partial charge in [-0.25, -0.2) is 0 Å². The van der Waals surface area contributed by atoms with Crippen LogP contribution in [0.25, 0.3) is 0 Å². The summed E-state index contributed by atoms with van der Waals surface area (Å²) in [5, 5.41) is 5.07. The predicted octanol–water partition coefficient (Wildman–Crippen LogP) is 4.38. The number of carbonyl (C=O) groups excluding carboxylic acids is 1. The maximum atomic E-state index is 12.1. The number of piperazine rings is 1. The predicted molar refractivity (Wildman–Crippen MR) is 114 cm³/mol. The van der Waals surface area contributed by atoms with E-state index in [0.717, 1.165) is 31.2 Å². The molecular formula is C22H29N3OS. The second-order valence-corrected chi connectivity index (χ2v) is 8.67. The first kappa shape index (κ1) is 18.5. The van der Waals surface area contributed by atoms with Crippen LogP contribution in [0.3, 0.4) is 0 Å². The number of anilines is 2. The lowest BCUT2D eigenvalue weighted by atomic mass is 10.1. The maximum absolute atomic E-state index is 12.1. The van der Waals surface area contributed by atoms with E-state index in [2.05, 4.69) is 38.7 Å². The Morgan fingerprint density at radius 2 is 1.78 bits per heavy atom. The van der Waals surface area contributed by atoms with Crippen LogP contribution in [0.5, 0.6) is 0 Å². The van der Waals surface area contributed by atoms with Crippen LogP contribution in [0, 0.1) is 0 Å². The van der Waals surface area contributed by atoms with E-state index in [0.29, 0.717) is 6.42 Å². The Hall–Kier alpha value is -1.85. The van der Waals surface area contributed by atoms with Crippen LogP contribution in [0.2, 0.25) is 0 Å². The number of aryl methyl sites for hydroxylation is 1. The SMILES string of the molecule is O=C(CCc1cccs1)Nc1ccc(N2CCN(C3CCCC3)CC2)cc1. The smallest absolute Gasteiger partial charge is 0.224 e. The van der Waals surface area contributed by atoms with Gasteiger partial charge in [0.15, 0.2) is 0 Å². The van der Waals surface area contributed by atoms with Gasteiger partial charge in [0.25, 0.3) is 0 Å². The molecule has 2 aromatic rings. The van der Waals surface area contributed by atoms with Gasteiger partial charge in [0.1, 0.15) is 0 Å². The maximum Gasteiger partial charge on any atom is 0.224 e. The standard InChI is InChI=1S/C22H29N3OS/c26-22(12-11-21-6-3-17-27-21)23-18-7-9-20(10-8-18)25-15-13-24(14-16-25)19-4-1-2-5-19/h3,6-10,17,19H,1-2,4-5,11-16H2,(H,23,26). The number of amides is 1. The minimum Gasteiger partial charge on any atom is -0.369 e. The van der Waals surface area contributed by atoms with Crippen LogP contribution in [-0.2, 0) is 11.2 Å². The molecule has 1 aliphatic carbocycles. The Morgan fingerprint density at radius 1 is 1.04 bits per heavy atom. The number of rotatable bonds is 6. The second kappa shape index (κ2) is 8.89. The Labute approximate surface area is 166 Å². The number of thiophene rings is 1. The summed E-state index contributed by atoms with van der Waals surface area (Å²) in [7, 11) is 0. The number of nitrogens with one attached hydrogen (secondary N) is 1. The summed E-state index contributed by atoms with van der Waals surface area (Å²) >= 11 is 1.71. The van der Waals surface area contributed by atoms with Gasteiger partial charge in [-0.1, -0.05) is 18.9 Å². The van der Waals surface area contributed by atoms with Crippen LogP contribution in [0.15, 0.2) is 41.8 Å². The molecule has 2 heterocycles. The molecule has 1 aliphatic heterocycles. The summed E-state index contributed by atoms with van der Waals surface area (Å²) in [4.78, 5) is 18.5. The molecule has 1 amide bonds. The normalized spacial score (nSPS) is 18.7. The molecule has 0 unspecified atom stereocenters. The fourth-order valence-corrected chi connectivity index (χ4v) is 4.99. The second-order valence-electron chi connectivity index (χ2n) is 7.64. The molecule has 2 aliphatic rings. The molecule has 4 rings (SSSR count).